The first-order chi connectivity index (χ1) is 10.5. The van der Waals surface area contributed by atoms with E-state index in [1.165, 1.54) is 12.1 Å². The molecule has 2 aromatic rings. The summed E-state index contributed by atoms with van der Waals surface area (Å²) in [6, 6.07) is 14.8. The first kappa shape index (κ1) is 15.0. The van der Waals surface area contributed by atoms with Crippen molar-refractivity contribution in [1.82, 2.24) is 0 Å². The van der Waals surface area contributed by atoms with Gasteiger partial charge in [0.2, 0.25) is 0 Å². The number of rotatable bonds is 3. The van der Waals surface area contributed by atoms with E-state index in [1.54, 1.807) is 11.8 Å². The molecule has 2 nitrogen and oxygen atoms in total. The van der Waals surface area contributed by atoms with Gasteiger partial charge in [-0.15, -0.1) is 0 Å². The summed E-state index contributed by atoms with van der Waals surface area (Å²) in [7, 11) is 0. The minimum atomic E-state index is -4.32. The van der Waals surface area contributed by atoms with Gasteiger partial charge >= 0.3 is 6.18 Å². The molecule has 0 saturated carbocycles. The molecule has 6 heteroatoms. The van der Waals surface area contributed by atoms with Crippen molar-refractivity contribution >= 4 is 17.5 Å². The van der Waals surface area contributed by atoms with Crippen LogP contribution < -0.4 is 0 Å². The normalized spacial score (nSPS) is 18.0. The van der Waals surface area contributed by atoms with Crippen LogP contribution in [0.2, 0.25) is 0 Å². The zero-order valence-electron chi connectivity index (χ0n) is 11.4. The number of alkyl halides is 3. The standard InChI is InChI=1S/C16H12F3NOS/c17-16(18,19)12-8-6-11(7-9-12)14-10-15(21-20-14)22-13-4-2-1-3-5-13/h1-9,15H,10H2. The molecule has 2 aromatic carbocycles. The first-order valence-electron chi connectivity index (χ1n) is 6.64. The number of thioether (sulfide) groups is 1. The Balaban J connectivity index is 1.65. The van der Waals surface area contributed by atoms with E-state index in [4.69, 9.17) is 4.84 Å². The minimum Gasteiger partial charge on any atom is -0.380 e. The molecule has 0 spiro atoms. The number of halogens is 3. The third-order valence-electron chi connectivity index (χ3n) is 3.20. The summed E-state index contributed by atoms with van der Waals surface area (Å²) in [6.07, 6.45) is -3.76. The molecule has 22 heavy (non-hydrogen) atoms. The number of hydrogen-bond donors (Lipinski definition) is 0. The maximum atomic E-state index is 12.5. The van der Waals surface area contributed by atoms with Crippen LogP contribution in [0.3, 0.4) is 0 Å². The van der Waals surface area contributed by atoms with Gasteiger partial charge < -0.3 is 4.84 Å². The van der Waals surface area contributed by atoms with Crippen LogP contribution in [0.1, 0.15) is 17.5 Å². The quantitative estimate of drug-likeness (QED) is 0.797. The molecule has 1 heterocycles. The predicted octanol–water partition coefficient (Wildman–Crippen LogP) is 4.95. The van der Waals surface area contributed by atoms with E-state index in [9.17, 15) is 13.2 Å². The average Bonchev–Trinajstić information content (AvgIpc) is 2.96. The summed E-state index contributed by atoms with van der Waals surface area (Å²) in [5.74, 6) is 0. The highest BCUT2D eigenvalue weighted by atomic mass is 32.2. The van der Waals surface area contributed by atoms with Gasteiger partial charge in [0.05, 0.1) is 11.3 Å². The zero-order chi connectivity index (χ0) is 15.6. The van der Waals surface area contributed by atoms with Crippen molar-refractivity contribution in [3.8, 4) is 0 Å². The number of nitrogens with zero attached hydrogens (tertiary/aromatic N) is 1. The Bertz CT molecular complexity index is 668. The van der Waals surface area contributed by atoms with Gasteiger partial charge in [0, 0.05) is 11.3 Å². The topological polar surface area (TPSA) is 21.6 Å². The van der Waals surface area contributed by atoms with E-state index < -0.39 is 11.7 Å². The van der Waals surface area contributed by atoms with Crippen molar-refractivity contribution in [3.05, 3.63) is 65.7 Å². The zero-order valence-corrected chi connectivity index (χ0v) is 12.2. The van der Waals surface area contributed by atoms with E-state index in [0.29, 0.717) is 17.7 Å². The van der Waals surface area contributed by atoms with E-state index in [-0.39, 0.29) is 5.44 Å². The lowest BCUT2D eigenvalue weighted by atomic mass is 10.1. The van der Waals surface area contributed by atoms with Crippen LogP contribution in [0.5, 0.6) is 0 Å². The summed E-state index contributed by atoms with van der Waals surface area (Å²) in [4.78, 5) is 6.42. The summed E-state index contributed by atoms with van der Waals surface area (Å²) < 4.78 is 37.6. The molecule has 0 bridgehead atoms. The lowest BCUT2D eigenvalue weighted by Crippen LogP contribution is -2.07. The van der Waals surface area contributed by atoms with Crippen LogP contribution in [-0.4, -0.2) is 11.1 Å². The van der Waals surface area contributed by atoms with Gasteiger partial charge in [0.15, 0.2) is 5.44 Å². The highest BCUT2D eigenvalue weighted by Crippen LogP contribution is 2.32. The van der Waals surface area contributed by atoms with Crippen molar-refractivity contribution in [2.75, 3.05) is 0 Å². The Kier molecular flexibility index (Phi) is 4.11. The SMILES string of the molecule is FC(F)(F)c1ccc(C2=NOC(Sc3ccccc3)C2)cc1. The van der Waals surface area contributed by atoms with Crippen LogP contribution in [0, 0.1) is 0 Å². The lowest BCUT2D eigenvalue weighted by Gasteiger charge is -2.08. The van der Waals surface area contributed by atoms with Crippen LogP contribution in [-0.2, 0) is 11.0 Å². The van der Waals surface area contributed by atoms with Gasteiger partial charge in [-0.3, -0.25) is 0 Å². The molecule has 0 saturated heterocycles. The van der Waals surface area contributed by atoms with E-state index in [2.05, 4.69) is 5.16 Å². The van der Waals surface area contributed by atoms with Crippen molar-refractivity contribution in [3.63, 3.8) is 0 Å². The van der Waals surface area contributed by atoms with Gasteiger partial charge in [-0.05, 0) is 29.8 Å². The fourth-order valence-corrected chi connectivity index (χ4v) is 3.04. The Labute approximate surface area is 130 Å². The second-order valence-electron chi connectivity index (χ2n) is 4.78. The largest absolute Gasteiger partial charge is 0.416 e. The first-order valence-corrected chi connectivity index (χ1v) is 7.52. The second-order valence-corrected chi connectivity index (χ2v) is 6.02. The van der Waals surface area contributed by atoms with Crippen molar-refractivity contribution in [2.24, 2.45) is 5.16 Å². The maximum absolute atomic E-state index is 12.5. The van der Waals surface area contributed by atoms with Gasteiger partial charge in [-0.1, -0.05) is 47.2 Å². The number of benzene rings is 2. The fraction of sp³-hybridized carbons (Fsp3) is 0.188. The minimum absolute atomic E-state index is 0.153. The molecule has 1 aliphatic heterocycles. The smallest absolute Gasteiger partial charge is 0.380 e. The molecule has 114 valence electrons. The van der Waals surface area contributed by atoms with Gasteiger partial charge in [-0.25, -0.2) is 0 Å². The number of oxime groups is 1. The van der Waals surface area contributed by atoms with Crippen molar-refractivity contribution in [1.29, 1.82) is 0 Å². The van der Waals surface area contributed by atoms with Crippen molar-refractivity contribution in [2.45, 2.75) is 22.9 Å². The molecule has 1 atom stereocenters. The van der Waals surface area contributed by atoms with Crippen molar-refractivity contribution < 1.29 is 18.0 Å². The third-order valence-corrected chi connectivity index (χ3v) is 4.26. The van der Waals surface area contributed by atoms with E-state index >= 15 is 0 Å². The molecule has 0 N–H and O–H groups in total. The Morgan fingerprint density at radius 2 is 1.68 bits per heavy atom. The lowest BCUT2D eigenvalue weighted by molar-refractivity contribution is -0.137. The van der Waals surface area contributed by atoms with Gasteiger partial charge in [0.25, 0.3) is 0 Å². The molecule has 0 aliphatic carbocycles. The monoisotopic (exact) mass is 323 g/mol. The summed E-state index contributed by atoms with van der Waals surface area (Å²) in [6.45, 7) is 0. The molecule has 1 aliphatic rings. The van der Waals surface area contributed by atoms with Gasteiger partial charge in [-0.2, -0.15) is 13.2 Å². The molecular weight excluding hydrogens is 311 g/mol. The highest BCUT2D eigenvalue weighted by Gasteiger charge is 2.30. The highest BCUT2D eigenvalue weighted by molar-refractivity contribution is 7.99. The average molecular weight is 323 g/mol. The van der Waals surface area contributed by atoms with Crippen LogP contribution >= 0.6 is 11.8 Å². The Morgan fingerprint density at radius 3 is 2.32 bits per heavy atom. The second kappa shape index (κ2) is 6.04. The summed E-state index contributed by atoms with van der Waals surface area (Å²) in [5, 5.41) is 3.99. The van der Waals surface area contributed by atoms with Crippen LogP contribution in [0.25, 0.3) is 0 Å². The molecule has 1 unspecified atom stereocenters. The molecule has 0 aromatic heterocycles. The number of hydrogen-bond acceptors (Lipinski definition) is 3. The fourth-order valence-electron chi connectivity index (χ4n) is 2.09. The van der Waals surface area contributed by atoms with Crippen LogP contribution in [0.15, 0.2) is 64.6 Å². The molecule has 0 fully saturated rings. The predicted molar refractivity (Wildman–Crippen MR) is 79.8 cm³/mol. The Hall–Kier alpha value is -1.95. The maximum Gasteiger partial charge on any atom is 0.416 e. The molecule has 3 rings (SSSR count). The van der Waals surface area contributed by atoms with Gasteiger partial charge in [0.1, 0.15) is 0 Å². The summed E-state index contributed by atoms with van der Waals surface area (Å²) in [5.41, 5.74) is 0.511. The summed E-state index contributed by atoms with van der Waals surface area (Å²) >= 11 is 1.54. The van der Waals surface area contributed by atoms with E-state index in [1.807, 2.05) is 30.3 Å². The van der Waals surface area contributed by atoms with E-state index in [0.717, 1.165) is 17.0 Å². The Morgan fingerprint density at radius 1 is 1.00 bits per heavy atom. The molecule has 0 radical (unpaired) electrons. The molecular formula is C16H12F3NOS. The molecule has 0 amide bonds. The van der Waals surface area contributed by atoms with Crippen LogP contribution in [0.4, 0.5) is 13.2 Å². The third kappa shape index (κ3) is 3.44.